The maximum Gasteiger partial charge on any atom is 0.325 e. The summed E-state index contributed by atoms with van der Waals surface area (Å²) in [5, 5.41) is 6.40. The number of urea groups is 1. The van der Waals surface area contributed by atoms with E-state index in [0.717, 1.165) is 30.6 Å². The van der Waals surface area contributed by atoms with Crippen molar-refractivity contribution < 1.29 is 14.4 Å². The number of amides is 4. The van der Waals surface area contributed by atoms with Crippen molar-refractivity contribution in [2.75, 3.05) is 6.54 Å². The van der Waals surface area contributed by atoms with Crippen LogP contribution in [0.5, 0.6) is 0 Å². The maximum absolute atomic E-state index is 12.8. The predicted octanol–water partition coefficient (Wildman–Crippen LogP) is 2.20. The number of hydrazine groups is 1. The van der Waals surface area contributed by atoms with Gasteiger partial charge in [0.1, 0.15) is 12.1 Å². The number of imide groups is 1. The molecule has 0 aromatic heterocycles. The number of carbonyl (C=O) groups is 3. The van der Waals surface area contributed by atoms with Gasteiger partial charge in [-0.3, -0.25) is 25.3 Å². The van der Waals surface area contributed by atoms with E-state index in [1.165, 1.54) is 6.42 Å². The number of nitrogens with one attached hydrogen (secondary N) is 4. The molecule has 29 heavy (non-hydrogen) atoms. The van der Waals surface area contributed by atoms with Crippen LogP contribution in [-0.4, -0.2) is 46.0 Å². The van der Waals surface area contributed by atoms with Gasteiger partial charge in [0.05, 0.1) is 0 Å². The van der Waals surface area contributed by atoms with Crippen LogP contribution < -0.4 is 21.5 Å². The summed E-state index contributed by atoms with van der Waals surface area (Å²) in [7, 11) is 0. The lowest BCUT2D eigenvalue weighted by molar-refractivity contribution is -0.135. The van der Waals surface area contributed by atoms with Crippen LogP contribution in [-0.2, 0) is 9.59 Å². The number of carbonyl (C=O) groups excluding carboxylic acids is 3. The number of thiocarbonyl (C=S) groups is 1. The Morgan fingerprint density at radius 1 is 1.17 bits per heavy atom. The molecule has 3 atom stereocenters. The van der Waals surface area contributed by atoms with Gasteiger partial charge in [-0.2, -0.15) is 0 Å². The van der Waals surface area contributed by atoms with Gasteiger partial charge in [0.25, 0.3) is 11.8 Å². The van der Waals surface area contributed by atoms with Crippen LogP contribution in [0.2, 0.25) is 0 Å². The van der Waals surface area contributed by atoms with E-state index in [9.17, 15) is 14.4 Å². The van der Waals surface area contributed by atoms with E-state index in [4.69, 9.17) is 12.2 Å². The Morgan fingerprint density at radius 2 is 1.83 bits per heavy atom. The summed E-state index contributed by atoms with van der Waals surface area (Å²) in [4.78, 5) is 38.4. The lowest BCUT2D eigenvalue weighted by Crippen LogP contribution is -2.54. The summed E-state index contributed by atoms with van der Waals surface area (Å²) in [5.74, 6) is 0.304. The molecule has 1 saturated heterocycles. The Morgan fingerprint density at radius 3 is 2.45 bits per heavy atom. The summed E-state index contributed by atoms with van der Waals surface area (Å²) >= 11 is 5.28. The molecule has 1 saturated carbocycles. The van der Waals surface area contributed by atoms with Crippen molar-refractivity contribution in [2.45, 2.75) is 84.2 Å². The summed E-state index contributed by atoms with van der Waals surface area (Å²) in [6, 6.07) is -0.247. The van der Waals surface area contributed by atoms with Crippen LogP contribution in [0.4, 0.5) is 4.79 Å². The smallest absolute Gasteiger partial charge is 0.325 e. The number of hydrogen-bond acceptors (Lipinski definition) is 4. The Bertz CT molecular complexity index is 636. The van der Waals surface area contributed by atoms with E-state index < -0.39 is 17.5 Å². The second-order valence-corrected chi connectivity index (χ2v) is 8.83. The van der Waals surface area contributed by atoms with Gasteiger partial charge in [-0.05, 0) is 43.3 Å². The van der Waals surface area contributed by atoms with Crippen molar-refractivity contribution in [1.82, 2.24) is 26.4 Å². The van der Waals surface area contributed by atoms with Gasteiger partial charge in [-0.25, -0.2) is 4.79 Å². The summed E-state index contributed by atoms with van der Waals surface area (Å²) in [6.45, 7) is 8.05. The Hall–Kier alpha value is -1.90. The van der Waals surface area contributed by atoms with Crippen LogP contribution in [0.25, 0.3) is 0 Å². The molecular weight excluding hydrogens is 390 g/mol. The fourth-order valence-corrected chi connectivity index (χ4v) is 4.64. The Kier molecular flexibility index (Phi) is 8.24. The van der Waals surface area contributed by atoms with E-state index in [1.807, 2.05) is 13.8 Å². The topological polar surface area (TPSA) is 103 Å². The predicted molar refractivity (Wildman–Crippen MR) is 116 cm³/mol. The Labute approximate surface area is 178 Å². The second-order valence-electron chi connectivity index (χ2n) is 8.42. The fourth-order valence-electron chi connectivity index (χ4n) is 4.44. The average molecular weight is 426 g/mol. The lowest BCUT2D eigenvalue weighted by atomic mass is 9.78. The van der Waals surface area contributed by atoms with Gasteiger partial charge in [0.15, 0.2) is 5.11 Å². The molecule has 8 nitrogen and oxygen atoms in total. The van der Waals surface area contributed by atoms with E-state index >= 15 is 0 Å². The molecule has 4 amide bonds. The highest BCUT2D eigenvalue weighted by atomic mass is 32.1. The summed E-state index contributed by atoms with van der Waals surface area (Å²) < 4.78 is 0. The molecule has 1 aliphatic heterocycles. The first-order valence-electron chi connectivity index (χ1n) is 10.7. The normalized spacial score (nSPS) is 26.1. The molecule has 0 bridgehead atoms. The highest BCUT2D eigenvalue weighted by Gasteiger charge is 2.50. The zero-order valence-corrected chi connectivity index (χ0v) is 18.8. The van der Waals surface area contributed by atoms with Gasteiger partial charge in [-0.1, -0.05) is 53.4 Å². The van der Waals surface area contributed by atoms with Gasteiger partial charge in [0, 0.05) is 6.04 Å². The van der Waals surface area contributed by atoms with Gasteiger partial charge in [-0.15, -0.1) is 0 Å². The molecule has 2 rings (SSSR count). The van der Waals surface area contributed by atoms with Crippen molar-refractivity contribution in [3.63, 3.8) is 0 Å². The third-order valence-corrected chi connectivity index (χ3v) is 6.46. The molecule has 1 heterocycles. The first-order chi connectivity index (χ1) is 13.7. The largest absolute Gasteiger partial charge is 0.358 e. The zero-order valence-electron chi connectivity index (χ0n) is 18.0. The number of hydrogen-bond donors (Lipinski definition) is 4. The third kappa shape index (κ3) is 5.58. The van der Waals surface area contributed by atoms with Crippen molar-refractivity contribution >= 4 is 35.2 Å². The molecule has 0 unspecified atom stereocenters. The zero-order chi connectivity index (χ0) is 21.6. The summed E-state index contributed by atoms with van der Waals surface area (Å²) in [6.07, 6.45) is 6.08. The molecule has 0 aromatic rings. The average Bonchev–Trinajstić information content (AvgIpc) is 2.89. The molecule has 0 aromatic carbocycles. The third-order valence-electron chi connectivity index (χ3n) is 6.24. The Balaban J connectivity index is 1.85. The van der Waals surface area contributed by atoms with Crippen molar-refractivity contribution in [1.29, 1.82) is 0 Å². The van der Waals surface area contributed by atoms with Crippen molar-refractivity contribution in [3.8, 4) is 0 Å². The quantitative estimate of drug-likeness (QED) is 0.283. The van der Waals surface area contributed by atoms with Crippen LogP contribution in [0, 0.1) is 11.8 Å². The van der Waals surface area contributed by atoms with E-state index in [2.05, 4.69) is 35.3 Å². The minimum absolute atomic E-state index is 0.269. The molecule has 1 aliphatic carbocycles. The molecule has 0 spiro atoms. The molecule has 0 radical (unpaired) electrons. The number of nitrogens with zero attached hydrogens (tertiary/aromatic N) is 1. The van der Waals surface area contributed by atoms with Crippen molar-refractivity contribution in [3.05, 3.63) is 0 Å². The van der Waals surface area contributed by atoms with Gasteiger partial charge in [0.2, 0.25) is 0 Å². The minimum atomic E-state index is -0.890. The van der Waals surface area contributed by atoms with Gasteiger partial charge < -0.3 is 10.6 Å². The SMILES string of the molecule is CCCC1(CCC)NC(=O)N(CC(=O)NNC(=S)N[C@H]2CCC[C@H](C)[C@@H]2C)C1=O. The monoisotopic (exact) mass is 425 g/mol. The lowest BCUT2D eigenvalue weighted by Gasteiger charge is -2.35. The summed E-state index contributed by atoms with van der Waals surface area (Å²) in [5.41, 5.74) is 4.29. The minimum Gasteiger partial charge on any atom is -0.358 e. The first kappa shape index (κ1) is 23.4. The van der Waals surface area contributed by atoms with E-state index in [-0.39, 0.29) is 18.5 Å². The van der Waals surface area contributed by atoms with Crippen LogP contribution >= 0.6 is 12.2 Å². The van der Waals surface area contributed by atoms with E-state index in [0.29, 0.717) is 29.8 Å². The molecule has 164 valence electrons. The molecule has 9 heteroatoms. The van der Waals surface area contributed by atoms with Crippen molar-refractivity contribution in [2.24, 2.45) is 11.8 Å². The molecule has 2 aliphatic rings. The second kappa shape index (κ2) is 10.2. The molecule has 2 fully saturated rings. The number of rotatable bonds is 7. The highest BCUT2D eigenvalue weighted by molar-refractivity contribution is 7.80. The first-order valence-corrected chi connectivity index (χ1v) is 11.1. The fraction of sp³-hybridized carbons (Fsp3) is 0.800. The van der Waals surface area contributed by atoms with E-state index in [1.54, 1.807) is 0 Å². The van der Waals surface area contributed by atoms with Crippen LogP contribution in [0.1, 0.15) is 72.6 Å². The van der Waals surface area contributed by atoms with Gasteiger partial charge >= 0.3 is 6.03 Å². The molecular formula is C20H35N5O3S. The maximum atomic E-state index is 12.8. The standard InChI is InChI=1S/C20H35N5O3S/c1-5-10-20(11-6-2)17(27)25(19(28)22-20)12-16(26)23-24-18(29)21-15-9-7-8-13(3)14(15)4/h13-15H,5-12H2,1-4H3,(H,22,28)(H,23,26)(H2,21,24,29)/t13-,14-,15-/m0/s1. The molecule has 4 N–H and O–H groups in total. The highest BCUT2D eigenvalue weighted by Crippen LogP contribution is 2.29. The van der Waals surface area contributed by atoms with Crippen LogP contribution in [0.15, 0.2) is 0 Å². The van der Waals surface area contributed by atoms with Crippen LogP contribution in [0.3, 0.4) is 0 Å².